The van der Waals surface area contributed by atoms with E-state index in [0.717, 1.165) is 5.56 Å². The largest absolute Gasteiger partial charge is 0.368 e. The summed E-state index contributed by atoms with van der Waals surface area (Å²) < 4.78 is 0. The van der Waals surface area contributed by atoms with E-state index in [4.69, 9.17) is 11.5 Å². The maximum Gasteiger partial charge on any atom is 0.270 e. The van der Waals surface area contributed by atoms with Crippen LogP contribution in [0.25, 0.3) is 0 Å². The van der Waals surface area contributed by atoms with Crippen molar-refractivity contribution in [2.45, 2.75) is 25.9 Å². The molecular formula is C11H16N4O2. The second kappa shape index (κ2) is 4.92. The van der Waals surface area contributed by atoms with Crippen molar-refractivity contribution in [2.24, 2.45) is 11.5 Å². The van der Waals surface area contributed by atoms with Crippen molar-refractivity contribution in [2.75, 3.05) is 0 Å². The minimum absolute atomic E-state index is 0.219. The number of amides is 2. The summed E-state index contributed by atoms with van der Waals surface area (Å²) in [7, 11) is 0. The standard InChI is InChI=1S/C11H16N4O2/c1-11(2,10(13)17)15-9(16)8-4-3-7(5-12)6-14-8/h3-4,6H,5,12H2,1-2H3,(H2,13,17)(H,15,16). The van der Waals surface area contributed by atoms with Crippen LogP contribution in [-0.4, -0.2) is 22.3 Å². The van der Waals surface area contributed by atoms with Gasteiger partial charge in [-0.05, 0) is 25.5 Å². The number of nitrogens with one attached hydrogen (secondary N) is 1. The van der Waals surface area contributed by atoms with Gasteiger partial charge in [-0.2, -0.15) is 0 Å². The SMILES string of the molecule is CC(C)(NC(=O)c1ccc(CN)cn1)C(N)=O. The lowest BCUT2D eigenvalue weighted by Crippen LogP contribution is -2.53. The van der Waals surface area contributed by atoms with Gasteiger partial charge in [0.1, 0.15) is 11.2 Å². The first kappa shape index (κ1) is 13.1. The Labute approximate surface area is 99.4 Å². The second-order valence-electron chi connectivity index (χ2n) is 4.20. The van der Waals surface area contributed by atoms with Crippen LogP contribution in [0.5, 0.6) is 0 Å². The van der Waals surface area contributed by atoms with E-state index < -0.39 is 17.4 Å². The average molecular weight is 236 g/mol. The van der Waals surface area contributed by atoms with Crippen molar-refractivity contribution in [1.29, 1.82) is 0 Å². The van der Waals surface area contributed by atoms with Crippen molar-refractivity contribution in [3.05, 3.63) is 29.6 Å². The Kier molecular flexibility index (Phi) is 3.80. The van der Waals surface area contributed by atoms with Crippen molar-refractivity contribution in [1.82, 2.24) is 10.3 Å². The smallest absolute Gasteiger partial charge is 0.270 e. The number of pyridine rings is 1. The van der Waals surface area contributed by atoms with Crippen LogP contribution < -0.4 is 16.8 Å². The summed E-state index contributed by atoms with van der Waals surface area (Å²) in [4.78, 5) is 26.8. The van der Waals surface area contributed by atoms with Gasteiger partial charge in [0, 0.05) is 12.7 Å². The number of primary amides is 1. The zero-order chi connectivity index (χ0) is 13.1. The number of nitrogens with zero attached hydrogens (tertiary/aromatic N) is 1. The van der Waals surface area contributed by atoms with Crippen molar-refractivity contribution in [3.63, 3.8) is 0 Å². The monoisotopic (exact) mass is 236 g/mol. The van der Waals surface area contributed by atoms with Gasteiger partial charge in [-0.1, -0.05) is 6.07 Å². The van der Waals surface area contributed by atoms with Gasteiger partial charge in [0.15, 0.2) is 0 Å². The number of nitrogens with two attached hydrogens (primary N) is 2. The maximum absolute atomic E-state index is 11.8. The molecule has 0 atom stereocenters. The minimum Gasteiger partial charge on any atom is -0.368 e. The number of aromatic nitrogens is 1. The Hall–Kier alpha value is -1.95. The molecule has 0 aliphatic carbocycles. The molecule has 2 amide bonds. The van der Waals surface area contributed by atoms with E-state index >= 15 is 0 Å². The van der Waals surface area contributed by atoms with Crippen LogP contribution in [0.3, 0.4) is 0 Å². The molecule has 0 fully saturated rings. The number of hydrogen-bond donors (Lipinski definition) is 3. The van der Waals surface area contributed by atoms with E-state index in [9.17, 15) is 9.59 Å². The fourth-order valence-corrected chi connectivity index (χ4v) is 1.09. The zero-order valence-electron chi connectivity index (χ0n) is 9.86. The van der Waals surface area contributed by atoms with E-state index in [1.54, 1.807) is 12.1 Å². The van der Waals surface area contributed by atoms with Crippen LogP contribution in [0.15, 0.2) is 18.3 Å². The van der Waals surface area contributed by atoms with Crippen LogP contribution in [0.1, 0.15) is 29.9 Å². The first-order valence-electron chi connectivity index (χ1n) is 5.14. The molecule has 1 aromatic rings. The third kappa shape index (κ3) is 3.25. The normalized spacial score (nSPS) is 11.0. The average Bonchev–Trinajstić information content (AvgIpc) is 2.28. The highest BCUT2D eigenvalue weighted by Gasteiger charge is 2.27. The van der Waals surface area contributed by atoms with Gasteiger partial charge in [-0.3, -0.25) is 14.6 Å². The van der Waals surface area contributed by atoms with Gasteiger partial charge in [0.25, 0.3) is 5.91 Å². The Morgan fingerprint density at radius 1 is 1.41 bits per heavy atom. The third-order valence-corrected chi connectivity index (χ3v) is 2.34. The Balaban J connectivity index is 2.80. The third-order valence-electron chi connectivity index (χ3n) is 2.34. The van der Waals surface area contributed by atoms with Gasteiger partial charge >= 0.3 is 0 Å². The molecule has 0 saturated heterocycles. The zero-order valence-corrected chi connectivity index (χ0v) is 9.86. The Bertz CT molecular complexity index is 426. The Morgan fingerprint density at radius 2 is 2.06 bits per heavy atom. The summed E-state index contributed by atoms with van der Waals surface area (Å²) in [6.07, 6.45) is 1.52. The summed E-state index contributed by atoms with van der Waals surface area (Å²) in [6.45, 7) is 3.42. The predicted molar refractivity (Wildman–Crippen MR) is 62.9 cm³/mol. The summed E-state index contributed by atoms with van der Waals surface area (Å²) in [5.41, 5.74) is 10.5. The van der Waals surface area contributed by atoms with E-state index in [-0.39, 0.29) is 5.69 Å². The highest BCUT2D eigenvalue weighted by atomic mass is 16.2. The summed E-state index contributed by atoms with van der Waals surface area (Å²) in [5, 5.41) is 2.50. The molecule has 6 nitrogen and oxygen atoms in total. The minimum atomic E-state index is -1.11. The maximum atomic E-state index is 11.8. The van der Waals surface area contributed by atoms with Gasteiger partial charge < -0.3 is 16.8 Å². The fraction of sp³-hybridized carbons (Fsp3) is 0.364. The van der Waals surface area contributed by atoms with Gasteiger partial charge in [0.2, 0.25) is 5.91 Å². The topological polar surface area (TPSA) is 111 Å². The van der Waals surface area contributed by atoms with Crippen molar-refractivity contribution in [3.8, 4) is 0 Å². The molecule has 0 saturated carbocycles. The summed E-state index contributed by atoms with van der Waals surface area (Å²) >= 11 is 0. The Morgan fingerprint density at radius 3 is 2.47 bits per heavy atom. The molecule has 5 N–H and O–H groups in total. The second-order valence-corrected chi connectivity index (χ2v) is 4.20. The molecule has 1 heterocycles. The molecule has 0 radical (unpaired) electrons. The van der Waals surface area contributed by atoms with Crippen LogP contribution >= 0.6 is 0 Å². The lowest BCUT2D eigenvalue weighted by molar-refractivity contribution is -0.122. The quantitative estimate of drug-likeness (QED) is 0.656. The van der Waals surface area contributed by atoms with Gasteiger partial charge in [-0.15, -0.1) is 0 Å². The summed E-state index contributed by atoms with van der Waals surface area (Å²) in [6, 6.07) is 3.26. The fourth-order valence-electron chi connectivity index (χ4n) is 1.09. The van der Waals surface area contributed by atoms with Crippen molar-refractivity contribution < 1.29 is 9.59 Å². The lowest BCUT2D eigenvalue weighted by Gasteiger charge is -2.21. The molecule has 1 rings (SSSR count). The number of rotatable bonds is 4. The first-order chi connectivity index (χ1) is 7.86. The predicted octanol–water partition coefficient (Wildman–Crippen LogP) is -0.466. The molecule has 1 aromatic heterocycles. The lowest BCUT2D eigenvalue weighted by atomic mass is 10.0. The molecule has 0 aromatic carbocycles. The molecule has 6 heteroatoms. The molecule has 0 aliphatic rings. The summed E-state index contributed by atoms with van der Waals surface area (Å²) in [5.74, 6) is -1.05. The van der Waals surface area contributed by atoms with E-state index in [1.807, 2.05) is 0 Å². The van der Waals surface area contributed by atoms with Crippen LogP contribution in [0.2, 0.25) is 0 Å². The number of carbonyl (C=O) groups is 2. The molecule has 0 spiro atoms. The molecule has 0 aliphatic heterocycles. The molecule has 92 valence electrons. The van der Waals surface area contributed by atoms with Gasteiger partial charge in [0.05, 0.1) is 0 Å². The first-order valence-corrected chi connectivity index (χ1v) is 5.14. The molecule has 0 bridgehead atoms. The number of hydrogen-bond acceptors (Lipinski definition) is 4. The van der Waals surface area contributed by atoms with Crippen molar-refractivity contribution >= 4 is 11.8 Å². The number of carbonyl (C=O) groups excluding carboxylic acids is 2. The molecule has 17 heavy (non-hydrogen) atoms. The van der Waals surface area contributed by atoms with Crippen LogP contribution in [0, 0.1) is 0 Å². The van der Waals surface area contributed by atoms with E-state index in [1.165, 1.54) is 20.0 Å². The van der Waals surface area contributed by atoms with E-state index in [2.05, 4.69) is 10.3 Å². The molecular weight excluding hydrogens is 220 g/mol. The molecule has 0 unspecified atom stereocenters. The van der Waals surface area contributed by atoms with Gasteiger partial charge in [-0.25, -0.2) is 0 Å². The highest BCUT2D eigenvalue weighted by Crippen LogP contribution is 2.04. The van der Waals surface area contributed by atoms with E-state index in [0.29, 0.717) is 6.54 Å². The van der Waals surface area contributed by atoms with Crippen LogP contribution in [-0.2, 0) is 11.3 Å². The highest BCUT2D eigenvalue weighted by molar-refractivity contribution is 5.97. The van der Waals surface area contributed by atoms with Crippen LogP contribution in [0.4, 0.5) is 0 Å².